The lowest BCUT2D eigenvalue weighted by Gasteiger charge is -2.29. The molecule has 4 rings (SSSR count). The number of piperidine rings is 1. The van der Waals surface area contributed by atoms with Crippen LogP contribution in [0.4, 0.5) is 10.8 Å². The van der Waals surface area contributed by atoms with Crippen LogP contribution in [0.3, 0.4) is 0 Å². The number of hydrogen-bond acceptors (Lipinski definition) is 7. The minimum Gasteiger partial charge on any atom is -0.348 e. The number of benzene rings is 1. The lowest BCUT2D eigenvalue weighted by atomic mass is 10.00. The predicted molar refractivity (Wildman–Crippen MR) is 121 cm³/mol. The second-order valence-electron chi connectivity index (χ2n) is 7.29. The summed E-state index contributed by atoms with van der Waals surface area (Å²) in [5, 5.41) is 5.31. The number of thiazole rings is 1. The Hall–Kier alpha value is -1.90. The fraction of sp³-hybridized carbons (Fsp3) is 0.400. The number of fused-ring (bicyclic) bond motifs is 1. The smallest absolute Gasteiger partial charge is 0.234 e. The summed E-state index contributed by atoms with van der Waals surface area (Å²) in [5.41, 5.74) is 2.41. The van der Waals surface area contributed by atoms with E-state index in [0.29, 0.717) is 10.7 Å². The van der Waals surface area contributed by atoms with Gasteiger partial charge in [-0.05, 0) is 43.4 Å². The van der Waals surface area contributed by atoms with Gasteiger partial charge in [0.2, 0.25) is 5.91 Å². The molecule has 0 saturated carbocycles. The number of halogens is 1. The van der Waals surface area contributed by atoms with Gasteiger partial charge in [-0.15, -0.1) is 0 Å². The molecule has 1 fully saturated rings. The summed E-state index contributed by atoms with van der Waals surface area (Å²) < 4.78 is 0.942. The third-order valence-corrected chi connectivity index (χ3v) is 7.48. The van der Waals surface area contributed by atoms with Crippen LogP contribution in [-0.4, -0.2) is 39.7 Å². The van der Waals surface area contributed by atoms with Crippen LogP contribution in [0.15, 0.2) is 29.6 Å². The first-order valence-corrected chi connectivity index (χ1v) is 11.7. The van der Waals surface area contributed by atoms with E-state index in [2.05, 4.69) is 27.1 Å². The van der Waals surface area contributed by atoms with Gasteiger partial charge in [-0.2, -0.15) is 4.98 Å². The van der Waals surface area contributed by atoms with Crippen molar-refractivity contribution >= 4 is 61.8 Å². The molecule has 1 N–H and O–H groups in total. The van der Waals surface area contributed by atoms with Crippen LogP contribution in [0.1, 0.15) is 25.3 Å². The molecule has 0 radical (unpaired) electrons. The molecule has 152 valence electrons. The van der Waals surface area contributed by atoms with Gasteiger partial charge in [0.05, 0.1) is 5.75 Å². The molecule has 1 saturated heterocycles. The average molecular weight is 448 g/mol. The monoisotopic (exact) mass is 447 g/mol. The molecule has 1 aliphatic rings. The molecular formula is C20H22ClN5OS2. The van der Waals surface area contributed by atoms with Gasteiger partial charge in [0.15, 0.2) is 10.8 Å². The van der Waals surface area contributed by atoms with E-state index >= 15 is 0 Å². The van der Waals surface area contributed by atoms with Crippen molar-refractivity contribution in [1.82, 2.24) is 15.0 Å². The minimum atomic E-state index is -0.0955. The fourth-order valence-electron chi connectivity index (χ4n) is 3.21. The van der Waals surface area contributed by atoms with E-state index in [-0.39, 0.29) is 11.7 Å². The molecule has 3 aromatic rings. The zero-order valence-corrected chi connectivity index (χ0v) is 18.7. The molecule has 1 aromatic carbocycles. The molecule has 9 heteroatoms. The van der Waals surface area contributed by atoms with Crippen molar-refractivity contribution in [1.29, 1.82) is 0 Å². The third-order valence-electron chi connectivity index (χ3n) is 5.02. The third kappa shape index (κ3) is 4.82. The number of nitrogens with zero attached hydrogens (tertiary/aromatic N) is 4. The second kappa shape index (κ2) is 8.85. The Morgan fingerprint density at radius 3 is 2.93 bits per heavy atom. The molecule has 0 aliphatic carbocycles. The highest BCUT2D eigenvalue weighted by Gasteiger charge is 2.21. The standard InChI is InChI=1S/C20H22ClN5OS2/c1-12-5-7-26(8-6-12)20-25-18-17(29-20)19(23-11-22-18)28-10-16(27)24-15-9-14(21)4-3-13(15)2/h3-4,9,11-12H,5-8,10H2,1-2H3,(H,24,27). The molecule has 2 aromatic heterocycles. The normalized spacial score (nSPS) is 15.1. The summed E-state index contributed by atoms with van der Waals surface area (Å²) in [4.78, 5) is 28.2. The highest BCUT2D eigenvalue weighted by molar-refractivity contribution is 8.00. The van der Waals surface area contributed by atoms with Crippen molar-refractivity contribution in [3.8, 4) is 0 Å². The quantitative estimate of drug-likeness (QED) is 0.437. The Morgan fingerprint density at radius 2 is 2.14 bits per heavy atom. The zero-order valence-electron chi connectivity index (χ0n) is 16.3. The number of aromatic nitrogens is 3. The average Bonchev–Trinajstić information content (AvgIpc) is 3.14. The predicted octanol–water partition coefficient (Wildman–Crippen LogP) is 5.02. The van der Waals surface area contributed by atoms with Gasteiger partial charge in [0.25, 0.3) is 0 Å². The van der Waals surface area contributed by atoms with E-state index in [1.54, 1.807) is 17.4 Å². The highest BCUT2D eigenvalue weighted by Crippen LogP contribution is 2.35. The molecule has 1 aliphatic heterocycles. The lowest BCUT2D eigenvalue weighted by Crippen LogP contribution is -2.32. The summed E-state index contributed by atoms with van der Waals surface area (Å²) in [6.07, 6.45) is 3.89. The summed E-state index contributed by atoms with van der Waals surface area (Å²) in [6.45, 7) is 6.29. The van der Waals surface area contributed by atoms with Crippen LogP contribution in [0.5, 0.6) is 0 Å². The number of carbonyl (C=O) groups excluding carboxylic acids is 1. The molecule has 0 atom stereocenters. The first-order valence-electron chi connectivity index (χ1n) is 9.55. The van der Waals surface area contributed by atoms with Crippen molar-refractivity contribution in [2.75, 3.05) is 29.1 Å². The van der Waals surface area contributed by atoms with Crippen LogP contribution in [0, 0.1) is 12.8 Å². The maximum atomic E-state index is 12.4. The number of hydrogen-bond donors (Lipinski definition) is 1. The topological polar surface area (TPSA) is 71.0 Å². The van der Waals surface area contributed by atoms with E-state index in [4.69, 9.17) is 16.6 Å². The van der Waals surface area contributed by atoms with Gasteiger partial charge in [0.1, 0.15) is 16.1 Å². The Bertz CT molecular complexity index is 1030. The number of amides is 1. The van der Waals surface area contributed by atoms with Crippen LogP contribution < -0.4 is 10.2 Å². The number of carbonyl (C=O) groups is 1. The summed E-state index contributed by atoms with van der Waals surface area (Å²) >= 11 is 9.04. The molecule has 29 heavy (non-hydrogen) atoms. The van der Waals surface area contributed by atoms with Crippen molar-refractivity contribution in [3.05, 3.63) is 35.1 Å². The van der Waals surface area contributed by atoms with Crippen molar-refractivity contribution in [2.24, 2.45) is 5.92 Å². The Kier molecular flexibility index (Phi) is 6.22. The number of thioether (sulfide) groups is 1. The Morgan fingerprint density at radius 1 is 1.34 bits per heavy atom. The number of nitrogens with one attached hydrogen (secondary N) is 1. The first-order chi connectivity index (χ1) is 14.0. The molecule has 3 heterocycles. The largest absolute Gasteiger partial charge is 0.348 e. The van der Waals surface area contributed by atoms with Gasteiger partial charge in [0, 0.05) is 23.8 Å². The fourth-order valence-corrected chi connectivity index (χ4v) is 5.32. The van der Waals surface area contributed by atoms with Crippen LogP contribution >= 0.6 is 34.7 Å². The molecule has 0 bridgehead atoms. The first kappa shape index (κ1) is 20.4. The number of rotatable bonds is 5. The van der Waals surface area contributed by atoms with Crippen LogP contribution in [0.2, 0.25) is 5.02 Å². The van der Waals surface area contributed by atoms with Crippen molar-refractivity contribution in [2.45, 2.75) is 31.7 Å². The van der Waals surface area contributed by atoms with Crippen LogP contribution in [-0.2, 0) is 4.79 Å². The zero-order chi connectivity index (χ0) is 20.4. The molecular weight excluding hydrogens is 426 g/mol. The van der Waals surface area contributed by atoms with Gasteiger partial charge in [-0.25, -0.2) is 9.97 Å². The van der Waals surface area contributed by atoms with Gasteiger partial charge in [-0.1, -0.05) is 47.7 Å². The maximum Gasteiger partial charge on any atom is 0.234 e. The number of anilines is 2. The summed E-state index contributed by atoms with van der Waals surface area (Å²) in [5.74, 6) is 0.932. The maximum absolute atomic E-state index is 12.4. The molecule has 0 unspecified atom stereocenters. The Labute approximate surface area is 183 Å². The summed E-state index contributed by atoms with van der Waals surface area (Å²) in [6, 6.07) is 5.46. The van der Waals surface area contributed by atoms with Gasteiger partial charge < -0.3 is 10.2 Å². The second-order valence-corrected chi connectivity index (χ2v) is 9.67. The lowest BCUT2D eigenvalue weighted by molar-refractivity contribution is -0.113. The molecule has 0 spiro atoms. The van der Waals surface area contributed by atoms with Crippen molar-refractivity contribution < 1.29 is 4.79 Å². The van der Waals surface area contributed by atoms with Crippen LogP contribution in [0.25, 0.3) is 10.3 Å². The molecule has 1 amide bonds. The van der Waals surface area contributed by atoms with E-state index in [0.717, 1.165) is 45.1 Å². The van der Waals surface area contributed by atoms with E-state index in [1.165, 1.54) is 30.9 Å². The Balaban J connectivity index is 1.45. The van der Waals surface area contributed by atoms with E-state index < -0.39 is 0 Å². The number of aryl methyl sites for hydroxylation is 1. The van der Waals surface area contributed by atoms with Gasteiger partial charge in [-0.3, -0.25) is 4.79 Å². The van der Waals surface area contributed by atoms with Crippen molar-refractivity contribution in [3.63, 3.8) is 0 Å². The molecule has 6 nitrogen and oxygen atoms in total. The van der Waals surface area contributed by atoms with E-state index in [1.807, 2.05) is 19.1 Å². The van der Waals surface area contributed by atoms with Gasteiger partial charge >= 0.3 is 0 Å². The summed E-state index contributed by atoms with van der Waals surface area (Å²) in [7, 11) is 0. The minimum absolute atomic E-state index is 0.0955. The SMILES string of the molecule is Cc1ccc(Cl)cc1NC(=O)CSc1ncnc2nc(N3CCC(C)CC3)sc12. The highest BCUT2D eigenvalue weighted by atomic mass is 35.5. The van der Waals surface area contributed by atoms with E-state index in [9.17, 15) is 4.79 Å².